The minimum atomic E-state index is -0.615. The summed E-state index contributed by atoms with van der Waals surface area (Å²) in [6, 6.07) is 34.2. The van der Waals surface area contributed by atoms with Crippen LogP contribution in [0.15, 0.2) is 114 Å². The van der Waals surface area contributed by atoms with Crippen molar-refractivity contribution in [1.82, 2.24) is 20.2 Å². The van der Waals surface area contributed by atoms with Crippen LogP contribution in [-0.4, -0.2) is 43.1 Å². The Balaban J connectivity index is 1.18. The van der Waals surface area contributed by atoms with Gasteiger partial charge >= 0.3 is 0 Å². The standard InChI is InChI=1S/C32H29N5O4S/c38-20-22-11-13-23(14-12-22)29-19-28(21-42-32-34-35-36-37(32)27-9-5-2-6-10-27)40-31(41-29)25-15-17-26(18-16-25)33-30(39)24-7-3-1-4-8-24/h1-18,28-29,31,38H,19-21H2,(H,33,39). The molecule has 2 heterocycles. The topological polar surface area (TPSA) is 111 Å². The fraction of sp³-hybridized carbons (Fsp3) is 0.188. The number of anilines is 1. The van der Waals surface area contributed by atoms with Crippen LogP contribution in [0.2, 0.25) is 0 Å². The van der Waals surface area contributed by atoms with Crippen LogP contribution in [0.25, 0.3) is 5.69 Å². The van der Waals surface area contributed by atoms with Gasteiger partial charge in [-0.25, -0.2) is 0 Å². The van der Waals surface area contributed by atoms with E-state index in [-0.39, 0.29) is 24.7 Å². The molecule has 1 aliphatic rings. The number of aromatic nitrogens is 4. The van der Waals surface area contributed by atoms with E-state index in [1.807, 2.05) is 97.1 Å². The predicted molar refractivity (Wildman–Crippen MR) is 159 cm³/mol. The number of carbonyl (C=O) groups is 1. The van der Waals surface area contributed by atoms with Gasteiger partial charge < -0.3 is 19.9 Å². The molecule has 1 fully saturated rings. The maximum absolute atomic E-state index is 12.6. The van der Waals surface area contributed by atoms with Crippen molar-refractivity contribution in [2.45, 2.75) is 36.7 Å². The molecule has 1 aliphatic heterocycles. The summed E-state index contributed by atoms with van der Waals surface area (Å²) in [6.45, 7) is -0.0138. The average Bonchev–Trinajstić information content (AvgIpc) is 3.54. The van der Waals surface area contributed by atoms with Crippen molar-refractivity contribution in [2.24, 2.45) is 0 Å². The number of nitrogens with one attached hydrogen (secondary N) is 1. The van der Waals surface area contributed by atoms with Gasteiger partial charge in [-0.2, -0.15) is 4.68 Å². The maximum atomic E-state index is 12.6. The van der Waals surface area contributed by atoms with Crippen molar-refractivity contribution >= 4 is 23.4 Å². The number of amides is 1. The lowest BCUT2D eigenvalue weighted by atomic mass is 10.0. The van der Waals surface area contributed by atoms with Gasteiger partial charge in [-0.3, -0.25) is 4.79 Å². The summed E-state index contributed by atoms with van der Waals surface area (Å²) >= 11 is 1.53. The van der Waals surface area contributed by atoms with Gasteiger partial charge in [0, 0.05) is 29.0 Å². The molecular formula is C32H29N5O4S. The van der Waals surface area contributed by atoms with Gasteiger partial charge in [0.25, 0.3) is 5.91 Å². The lowest BCUT2D eigenvalue weighted by Gasteiger charge is -2.36. The highest BCUT2D eigenvalue weighted by molar-refractivity contribution is 7.99. The summed E-state index contributed by atoms with van der Waals surface area (Å²) in [5.74, 6) is 0.443. The number of rotatable bonds is 9. The number of aliphatic hydroxyl groups excluding tert-OH is 1. The first-order chi connectivity index (χ1) is 20.7. The first kappa shape index (κ1) is 27.8. The Hall–Kier alpha value is -4.35. The summed E-state index contributed by atoms with van der Waals surface area (Å²) < 4.78 is 14.6. The van der Waals surface area contributed by atoms with Gasteiger partial charge in [0.05, 0.1) is 24.5 Å². The monoisotopic (exact) mass is 579 g/mol. The second kappa shape index (κ2) is 13.1. The highest BCUT2D eigenvalue weighted by Gasteiger charge is 2.32. The lowest BCUT2D eigenvalue weighted by Crippen LogP contribution is -2.31. The van der Waals surface area contributed by atoms with E-state index in [1.54, 1.807) is 16.8 Å². The first-order valence-corrected chi connectivity index (χ1v) is 14.6. The Bertz CT molecular complexity index is 1600. The number of hydrogen-bond donors (Lipinski definition) is 2. The van der Waals surface area contributed by atoms with Crippen LogP contribution in [0.1, 0.15) is 45.9 Å². The molecule has 2 N–H and O–H groups in total. The Labute approximate surface area is 247 Å². The maximum Gasteiger partial charge on any atom is 0.255 e. The fourth-order valence-corrected chi connectivity index (χ4v) is 5.61. The van der Waals surface area contributed by atoms with Gasteiger partial charge in [0.15, 0.2) is 6.29 Å². The van der Waals surface area contributed by atoms with Crippen LogP contribution in [0.5, 0.6) is 0 Å². The van der Waals surface area contributed by atoms with Crippen molar-refractivity contribution in [3.63, 3.8) is 0 Å². The second-order valence-corrected chi connectivity index (χ2v) is 10.8. The molecule has 9 nitrogen and oxygen atoms in total. The van der Waals surface area contributed by atoms with Crippen LogP contribution in [-0.2, 0) is 16.1 Å². The molecular weight excluding hydrogens is 550 g/mol. The number of para-hydroxylation sites is 1. The average molecular weight is 580 g/mol. The molecule has 42 heavy (non-hydrogen) atoms. The highest BCUT2D eigenvalue weighted by Crippen LogP contribution is 2.39. The molecule has 10 heteroatoms. The first-order valence-electron chi connectivity index (χ1n) is 13.6. The molecule has 1 saturated heterocycles. The molecule has 0 radical (unpaired) electrons. The smallest absolute Gasteiger partial charge is 0.255 e. The molecule has 0 aliphatic carbocycles. The lowest BCUT2D eigenvalue weighted by molar-refractivity contribution is -0.245. The second-order valence-electron chi connectivity index (χ2n) is 9.81. The molecule has 1 aromatic heterocycles. The van der Waals surface area contributed by atoms with E-state index in [4.69, 9.17) is 9.47 Å². The number of benzene rings is 4. The van der Waals surface area contributed by atoms with Crippen LogP contribution < -0.4 is 5.32 Å². The Morgan fingerprint density at radius 1 is 0.881 bits per heavy atom. The third-order valence-corrected chi connectivity index (χ3v) is 7.98. The van der Waals surface area contributed by atoms with Crippen LogP contribution in [0, 0.1) is 0 Å². The Kier molecular flexibility index (Phi) is 8.67. The number of ether oxygens (including phenoxy) is 2. The summed E-state index contributed by atoms with van der Waals surface area (Å²) in [4.78, 5) is 12.6. The van der Waals surface area contributed by atoms with Crippen molar-refractivity contribution in [1.29, 1.82) is 0 Å². The molecule has 5 aromatic rings. The fourth-order valence-electron chi connectivity index (χ4n) is 4.71. The third kappa shape index (κ3) is 6.58. The molecule has 212 valence electrons. The zero-order chi connectivity index (χ0) is 28.7. The summed E-state index contributed by atoms with van der Waals surface area (Å²) in [7, 11) is 0. The van der Waals surface area contributed by atoms with Crippen LogP contribution in [0.4, 0.5) is 5.69 Å². The number of nitrogens with zero attached hydrogens (tertiary/aromatic N) is 4. The molecule has 3 unspecified atom stereocenters. The predicted octanol–water partition coefficient (Wildman–Crippen LogP) is 5.74. The van der Waals surface area contributed by atoms with Crippen molar-refractivity contribution < 1.29 is 19.4 Å². The molecule has 6 rings (SSSR count). The summed E-state index contributed by atoms with van der Waals surface area (Å²) in [5.41, 5.74) is 4.85. The molecule has 0 saturated carbocycles. The summed E-state index contributed by atoms with van der Waals surface area (Å²) in [6.07, 6.45) is -0.352. The highest BCUT2D eigenvalue weighted by atomic mass is 32.2. The Morgan fingerprint density at radius 3 is 2.29 bits per heavy atom. The normalized spacial score (nSPS) is 18.5. The number of aliphatic hydroxyl groups is 1. The van der Waals surface area contributed by atoms with E-state index in [0.29, 0.717) is 28.6 Å². The minimum absolute atomic E-state index is 0.0138. The van der Waals surface area contributed by atoms with Gasteiger partial charge in [-0.15, -0.1) is 5.10 Å². The SMILES string of the molecule is O=C(Nc1ccc(C2OC(CSc3nnnn3-c3ccccc3)CC(c3ccc(CO)cc3)O2)cc1)c1ccccc1. The molecule has 0 spiro atoms. The third-order valence-electron chi connectivity index (χ3n) is 6.93. The zero-order valence-corrected chi connectivity index (χ0v) is 23.4. The van der Waals surface area contributed by atoms with E-state index in [9.17, 15) is 9.90 Å². The van der Waals surface area contributed by atoms with Gasteiger partial charge in [0.1, 0.15) is 0 Å². The Morgan fingerprint density at radius 2 is 1.57 bits per heavy atom. The number of hydrogen-bond acceptors (Lipinski definition) is 8. The largest absolute Gasteiger partial charge is 0.392 e. The molecule has 1 amide bonds. The van der Waals surface area contributed by atoms with E-state index in [2.05, 4.69) is 20.8 Å². The molecule has 3 atom stereocenters. The summed E-state index contributed by atoms with van der Waals surface area (Å²) in [5, 5.41) is 25.3. The van der Waals surface area contributed by atoms with Gasteiger partial charge in [0.2, 0.25) is 5.16 Å². The molecule has 4 aromatic carbocycles. The van der Waals surface area contributed by atoms with Crippen LogP contribution in [0.3, 0.4) is 0 Å². The number of tetrazole rings is 1. The van der Waals surface area contributed by atoms with Gasteiger partial charge in [-0.05, 0) is 58.0 Å². The van der Waals surface area contributed by atoms with E-state index in [1.165, 1.54) is 11.8 Å². The van der Waals surface area contributed by atoms with Crippen molar-refractivity contribution in [3.8, 4) is 5.69 Å². The number of carbonyl (C=O) groups excluding carboxylic acids is 1. The zero-order valence-electron chi connectivity index (χ0n) is 22.6. The van der Waals surface area contributed by atoms with E-state index in [0.717, 1.165) is 22.4 Å². The van der Waals surface area contributed by atoms with E-state index >= 15 is 0 Å². The molecule has 0 bridgehead atoms. The van der Waals surface area contributed by atoms with Gasteiger partial charge in [-0.1, -0.05) is 84.6 Å². The van der Waals surface area contributed by atoms with Crippen LogP contribution >= 0.6 is 11.8 Å². The quantitative estimate of drug-likeness (QED) is 0.213. The minimum Gasteiger partial charge on any atom is -0.392 e. The van der Waals surface area contributed by atoms with Crippen molar-refractivity contribution in [3.05, 3.63) is 131 Å². The van der Waals surface area contributed by atoms with E-state index < -0.39 is 6.29 Å². The van der Waals surface area contributed by atoms with Crippen molar-refractivity contribution in [2.75, 3.05) is 11.1 Å². The number of thioether (sulfide) groups is 1.